The molecule has 3 saturated heterocycles. The molecule has 42 heavy (non-hydrogen) atoms. The first-order chi connectivity index (χ1) is 20.4. The summed E-state index contributed by atoms with van der Waals surface area (Å²) in [5.74, 6) is -2.58. The maximum absolute atomic E-state index is 14.7. The Bertz CT molecular complexity index is 1360. The van der Waals surface area contributed by atoms with E-state index in [0.29, 0.717) is 37.8 Å². The van der Waals surface area contributed by atoms with Crippen LogP contribution in [0.2, 0.25) is 0 Å². The van der Waals surface area contributed by atoms with E-state index in [-0.39, 0.29) is 38.1 Å². The molecule has 8 nitrogen and oxygen atoms in total. The van der Waals surface area contributed by atoms with Gasteiger partial charge in [-0.1, -0.05) is 49.4 Å². The molecule has 3 fully saturated rings. The fourth-order valence-corrected chi connectivity index (χ4v) is 7.43. The third-order valence-electron chi connectivity index (χ3n) is 9.40. The largest absolute Gasteiger partial charge is 0.465 e. The molecule has 2 bridgehead atoms. The van der Waals surface area contributed by atoms with Gasteiger partial charge in [-0.25, -0.2) is 0 Å². The number of aliphatic hydroxyl groups is 1. The lowest BCUT2D eigenvalue weighted by molar-refractivity contribution is -0.161. The van der Waals surface area contributed by atoms with Gasteiger partial charge in [-0.3, -0.25) is 14.4 Å². The summed E-state index contributed by atoms with van der Waals surface area (Å²) in [6.45, 7) is 10.2. The average molecular weight is 575 g/mol. The summed E-state index contributed by atoms with van der Waals surface area (Å²) in [7, 11) is 0. The number of aliphatic hydroxyl groups excluding tert-OH is 1. The van der Waals surface area contributed by atoms with Crippen molar-refractivity contribution in [2.45, 2.75) is 69.1 Å². The molecule has 1 spiro atoms. The topological polar surface area (TPSA) is 96.4 Å². The van der Waals surface area contributed by atoms with Crippen molar-refractivity contribution in [2.24, 2.45) is 11.8 Å². The zero-order valence-electron chi connectivity index (χ0n) is 24.5. The van der Waals surface area contributed by atoms with Crippen LogP contribution < -0.4 is 4.90 Å². The Labute approximate surface area is 248 Å². The maximum atomic E-state index is 14.7. The van der Waals surface area contributed by atoms with Gasteiger partial charge in [0, 0.05) is 25.4 Å². The van der Waals surface area contributed by atoms with E-state index in [2.05, 4.69) is 13.2 Å². The predicted octanol–water partition coefficient (Wildman–Crippen LogP) is 4.80. The molecule has 1 N–H and O–H groups in total. The molecule has 2 aromatic rings. The third-order valence-corrected chi connectivity index (χ3v) is 9.40. The summed E-state index contributed by atoms with van der Waals surface area (Å²) < 4.78 is 12.6. The molecule has 3 heterocycles. The number of nitrogens with zero attached hydrogens (tertiary/aromatic N) is 2. The number of anilines is 1. The number of esters is 1. The van der Waals surface area contributed by atoms with Gasteiger partial charge < -0.3 is 24.4 Å². The highest BCUT2D eigenvalue weighted by Crippen LogP contribution is 2.64. The molecule has 8 heteroatoms. The zero-order chi connectivity index (χ0) is 29.9. The third kappa shape index (κ3) is 4.94. The van der Waals surface area contributed by atoms with Crippen LogP contribution in [-0.2, 0) is 23.9 Å². The minimum absolute atomic E-state index is 0.126. The molecule has 2 amide bonds. The molecule has 0 aromatic heterocycles. The smallest absolute Gasteiger partial charge is 0.312 e. The van der Waals surface area contributed by atoms with Crippen LogP contribution in [0, 0.1) is 11.8 Å². The van der Waals surface area contributed by atoms with E-state index in [1.54, 1.807) is 15.9 Å². The standard InChI is InChI=1S/C34H42N2O6/c1-4-7-8-11-22-41-32(40)28-27-30(38)36(20-12-21-37)29(34(27)18-17-33(28,6-3)42-34)31(39)35(19-5-2)26-16-15-24-13-9-10-14-25(24)23-26/h4-5,9-10,13-16,23,27-29,37H,1-2,6-8,11-12,17-22H2,3H3/t27-,28-,29?,33+,34?/m0/s1. The van der Waals surface area contributed by atoms with Crippen LogP contribution >= 0.6 is 0 Å². The second-order valence-corrected chi connectivity index (χ2v) is 11.7. The van der Waals surface area contributed by atoms with Crippen LogP contribution in [-0.4, -0.2) is 71.3 Å². The second kappa shape index (κ2) is 12.4. The Morgan fingerprint density at radius 2 is 1.90 bits per heavy atom. The number of ether oxygens (including phenoxy) is 2. The first-order valence-electron chi connectivity index (χ1n) is 15.2. The summed E-state index contributed by atoms with van der Waals surface area (Å²) in [6.07, 6.45) is 7.83. The minimum Gasteiger partial charge on any atom is -0.465 e. The first kappa shape index (κ1) is 30.0. The Morgan fingerprint density at radius 3 is 2.62 bits per heavy atom. The number of hydrogen-bond acceptors (Lipinski definition) is 6. The second-order valence-electron chi connectivity index (χ2n) is 11.7. The molecule has 5 rings (SSSR count). The van der Waals surface area contributed by atoms with E-state index in [4.69, 9.17) is 9.47 Å². The van der Waals surface area contributed by atoms with Crippen LogP contribution in [0.25, 0.3) is 10.8 Å². The summed E-state index contributed by atoms with van der Waals surface area (Å²) in [5.41, 5.74) is -1.31. The van der Waals surface area contributed by atoms with E-state index in [1.165, 1.54) is 0 Å². The van der Waals surface area contributed by atoms with Gasteiger partial charge in [0.2, 0.25) is 5.91 Å². The number of unbranched alkanes of at least 4 members (excludes halogenated alkanes) is 2. The number of fused-ring (bicyclic) bond motifs is 2. The Balaban J connectivity index is 1.52. The van der Waals surface area contributed by atoms with Crippen LogP contribution in [0.1, 0.15) is 51.9 Å². The lowest BCUT2D eigenvalue weighted by Crippen LogP contribution is -2.56. The number of allylic oxidation sites excluding steroid dienone is 1. The van der Waals surface area contributed by atoms with Crippen molar-refractivity contribution < 1.29 is 29.0 Å². The van der Waals surface area contributed by atoms with Crippen molar-refractivity contribution in [2.75, 3.05) is 31.2 Å². The van der Waals surface area contributed by atoms with E-state index in [9.17, 15) is 19.5 Å². The number of hydrogen-bond donors (Lipinski definition) is 1. The highest BCUT2D eigenvalue weighted by atomic mass is 16.6. The number of carbonyl (C=O) groups is 3. The lowest BCUT2D eigenvalue weighted by Gasteiger charge is -2.37. The van der Waals surface area contributed by atoms with Crippen molar-refractivity contribution in [3.63, 3.8) is 0 Å². The Morgan fingerprint density at radius 1 is 1.12 bits per heavy atom. The molecule has 0 saturated carbocycles. The van der Waals surface area contributed by atoms with E-state index >= 15 is 0 Å². The van der Waals surface area contributed by atoms with Crippen LogP contribution in [0.3, 0.4) is 0 Å². The van der Waals surface area contributed by atoms with Gasteiger partial charge in [-0.2, -0.15) is 0 Å². The van der Waals surface area contributed by atoms with Crippen molar-refractivity contribution in [3.05, 3.63) is 67.8 Å². The average Bonchev–Trinajstić information content (AvgIpc) is 3.61. The number of amides is 2. The molecule has 3 aliphatic heterocycles. The maximum Gasteiger partial charge on any atom is 0.312 e. The molecule has 3 aliphatic rings. The monoisotopic (exact) mass is 574 g/mol. The van der Waals surface area contributed by atoms with Crippen LogP contribution in [0.5, 0.6) is 0 Å². The summed E-state index contributed by atoms with van der Waals surface area (Å²) in [4.78, 5) is 45.8. The number of likely N-dealkylation sites (tertiary alicyclic amines) is 1. The molecule has 5 atom stereocenters. The molecular weight excluding hydrogens is 532 g/mol. The summed E-state index contributed by atoms with van der Waals surface area (Å²) in [6, 6.07) is 12.8. The fraction of sp³-hybridized carbons (Fsp3) is 0.500. The van der Waals surface area contributed by atoms with Gasteiger partial charge in [0.15, 0.2) is 0 Å². The number of rotatable bonds is 14. The van der Waals surface area contributed by atoms with Crippen molar-refractivity contribution in [1.82, 2.24) is 4.90 Å². The zero-order valence-corrected chi connectivity index (χ0v) is 24.5. The predicted molar refractivity (Wildman–Crippen MR) is 162 cm³/mol. The van der Waals surface area contributed by atoms with Gasteiger partial charge in [0.25, 0.3) is 5.91 Å². The first-order valence-corrected chi connectivity index (χ1v) is 15.2. The van der Waals surface area contributed by atoms with E-state index < -0.39 is 35.0 Å². The minimum atomic E-state index is -1.15. The normalized spacial score (nSPS) is 27.7. The molecular formula is C34H42N2O6. The van der Waals surface area contributed by atoms with Crippen molar-refractivity contribution in [1.29, 1.82) is 0 Å². The summed E-state index contributed by atoms with van der Waals surface area (Å²) in [5, 5.41) is 11.7. The highest BCUT2D eigenvalue weighted by Gasteiger charge is 2.79. The highest BCUT2D eigenvalue weighted by molar-refractivity contribution is 6.05. The van der Waals surface area contributed by atoms with E-state index in [1.807, 2.05) is 55.5 Å². The van der Waals surface area contributed by atoms with Gasteiger partial charge in [-0.15, -0.1) is 13.2 Å². The molecule has 2 unspecified atom stereocenters. The SMILES string of the molecule is C=CCCCCOC(=O)[C@@H]1[C@H]2C(=O)N(CCCO)C(C(=O)N(CC=C)c3ccc4ccccc4c3)C23CC[C@@]1(CC)O3. The van der Waals surface area contributed by atoms with Gasteiger partial charge in [0.05, 0.1) is 18.1 Å². The van der Waals surface area contributed by atoms with Gasteiger partial charge in [-0.05, 0) is 67.9 Å². The van der Waals surface area contributed by atoms with Crippen LogP contribution in [0.15, 0.2) is 67.8 Å². The Hall–Kier alpha value is -3.49. The molecule has 2 aromatic carbocycles. The molecule has 0 aliphatic carbocycles. The van der Waals surface area contributed by atoms with Gasteiger partial charge in [0.1, 0.15) is 17.6 Å². The number of benzene rings is 2. The quantitative estimate of drug-likeness (QED) is 0.198. The van der Waals surface area contributed by atoms with Crippen molar-refractivity contribution >= 4 is 34.2 Å². The van der Waals surface area contributed by atoms with E-state index in [0.717, 1.165) is 23.6 Å². The van der Waals surface area contributed by atoms with Crippen molar-refractivity contribution in [3.8, 4) is 0 Å². The summed E-state index contributed by atoms with van der Waals surface area (Å²) >= 11 is 0. The van der Waals surface area contributed by atoms with Gasteiger partial charge >= 0.3 is 5.97 Å². The molecule has 0 radical (unpaired) electrons. The number of carbonyl (C=O) groups excluding carboxylic acids is 3. The fourth-order valence-electron chi connectivity index (χ4n) is 7.43. The lowest BCUT2D eigenvalue weighted by atomic mass is 9.65. The Kier molecular flexibility index (Phi) is 8.85. The van der Waals surface area contributed by atoms with Crippen LogP contribution in [0.4, 0.5) is 5.69 Å². The molecule has 224 valence electrons.